The Morgan fingerprint density at radius 3 is 2.69 bits per heavy atom. The Morgan fingerprint density at radius 1 is 1.38 bits per heavy atom. The van der Waals surface area contributed by atoms with Gasteiger partial charge in [0.2, 0.25) is 0 Å². The monoisotopic (exact) mass is 217 g/mol. The first-order valence-corrected chi connectivity index (χ1v) is 5.80. The van der Waals surface area contributed by atoms with Crippen molar-refractivity contribution in [2.75, 3.05) is 13.1 Å². The first-order valence-electron chi connectivity index (χ1n) is 5.80. The maximum absolute atomic E-state index is 5.93. The highest BCUT2D eigenvalue weighted by molar-refractivity contribution is 5.80. The second-order valence-corrected chi connectivity index (χ2v) is 4.67. The zero-order valence-electron chi connectivity index (χ0n) is 9.93. The molecule has 1 atom stereocenters. The summed E-state index contributed by atoms with van der Waals surface area (Å²) in [7, 11) is 0. The van der Waals surface area contributed by atoms with Gasteiger partial charge in [-0.05, 0) is 11.5 Å². The van der Waals surface area contributed by atoms with E-state index in [1.807, 2.05) is 6.07 Å². The van der Waals surface area contributed by atoms with Crippen LogP contribution in [0.2, 0.25) is 0 Å². The van der Waals surface area contributed by atoms with E-state index in [4.69, 9.17) is 5.73 Å². The molecule has 86 valence electrons. The summed E-state index contributed by atoms with van der Waals surface area (Å²) in [4.78, 5) is 6.56. The van der Waals surface area contributed by atoms with Crippen molar-refractivity contribution in [3.8, 4) is 0 Å². The second-order valence-electron chi connectivity index (χ2n) is 4.67. The summed E-state index contributed by atoms with van der Waals surface area (Å²) in [6.07, 6.45) is 0. The molecule has 3 nitrogen and oxygen atoms in total. The van der Waals surface area contributed by atoms with E-state index < -0.39 is 0 Å². The molecule has 0 amide bonds. The zero-order chi connectivity index (χ0) is 11.5. The number of hydrogen-bond donors (Lipinski definition) is 1. The van der Waals surface area contributed by atoms with Crippen molar-refractivity contribution in [1.82, 2.24) is 4.90 Å². The van der Waals surface area contributed by atoms with Gasteiger partial charge >= 0.3 is 0 Å². The molecule has 1 aliphatic rings. The molecule has 0 bridgehead atoms. The highest BCUT2D eigenvalue weighted by atomic mass is 15.3. The van der Waals surface area contributed by atoms with Crippen molar-refractivity contribution < 1.29 is 0 Å². The highest BCUT2D eigenvalue weighted by Gasteiger charge is 2.27. The lowest BCUT2D eigenvalue weighted by molar-refractivity contribution is 0.309. The van der Waals surface area contributed by atoms with Crippen LogP contribution in [0.1, 0.15) is 25.5 Å². The average molecular weight is 217 g/mol. The van der Waals surface area contributed by atoms with E-state index in [1.54, 1.807) is 0 Å². The minimum Gasteiger partial charge on any atom is -0.370 e. The third-order valence-corrected chi connectivity index (χ3v) is 2.84. The van der Waals surface area contributed by atoms with E-state index in [9.17, 15) is 0 Å². The number of aliphatic imine (C=N–C) groups is 1. The van der Waals surface area contributed by atoms with Crippen LogP contribution in [0, 0.1) is 5.92 Å². The fourth-order valence-corrected chi connectivity index (χ4v) is 2.10. The van der Waals surface area contributed by atoms with Gasteiger partial charge in [-0.25, -0.2) is 0 Å². The van der Waals surface area contributed by atoms with Crippen LogP contribution in [0.25, 0.3) is 0 Å². The van der Waals surface area contributed by atoms with E-state index >= 15 is 0 Å². The number of guanidine groups is 1. The van der Waals surface area contributed by atoms with E-state index in [1.165, 1.54) is 5.56 Å². The summed E-state index contributed by atoms with van der Waals surface area (Å²) in [5.41, 5.74) is 7.23. The molecule has 1 aliphatic heterocycles. The van der Waals surface area contributed by atoms with E-state index in [2.05, 4.69) is 48.0 Å². The van der Waals surface area contributed by atoms with Gasteiger partial charge in [-0.2, -0.15) is 0 Å². The van der Waals surface area contributed by atoms with E-state index in [0.29, 0.717) is 17.9 Å². The molecule has 0 spiro atoms. The van der Waals surface area contributed by atoms with Gasteiger partial charge in [-0.3, -0.25) is 4.99 Å². The third kappa shape index (κ3) is 2.18. The molecule has 0 fully saturated rings. The zero-order valence-corrected chi connectivity index (χ0v) is 9.93. The minimum absolute atomic E-state index is 0.323. The fourth-order valence-electron chi connectivity index (χ4n) is 2.10. The van der Waals surface area contributed by atoms with Crippen molar-refractivity contribution in [3.63, 3.8) is 0 Å². The lowest BCUT2D eigenvalue weighted by atomic mass is 10.1. The number of nitrogens with two attached hydrogens (primary N) is 1. The molecule has 0 aromatic heterocycles. The van der Waals surface area contributed by atoms with Crippen LogP contribution in [0.4, 0.5) is 0 Å². The maximum atomic E-state index is 5.93. The molecule has 2 rings (SSSR count). The van der Waals surface area contributed by atoms with E-state index in [0.717, 1.165) is 13.1 Å². The Kier molecular flexibility index (Phi) is 3.13. The van der Waals surface area contributed by atoms with Crippen LogP contribution < -0.4 is 5.73 Å². The molecule has 0 saturated carbocycles. The van der Waals surface area contributed by atoms with Crippen molar-refractivity contribution >= 4 is 5.96 Å². The van der Waals surface area contributed by atoms with Gasteiger partial charge in [0.05, 0.1) is 12.6 Å². The van der Waals surface area contributed by atoms with Crippen molar-refractivity contribution in [1.29, 1.82) is 0 Å². The normalized spacial score (nSPS) is 20.3. The summed E-state index contributed by atoms with van der Waals surface area (Å²) < 4.78 is 0. The molecule has 0 saturated heterocycles. The first kappa shape index (κ1) is 11.0. The molecule has 1 aromatic rings. The summed E-state index contributed by atoms with van der Waals surface area (Å²) in [5.74, 6) is 1.28. The smallest absolute Gasteiger partial charge is 0.191 e. The SMILES string of the molecule is CC(C)CN1C(N)=NCC1c1ccccc1. The maximum Gasteiger partial charge on any atom is 0.191 e. The van der Waals surface area contributed by atoms with E-state index in [-0.39, 0.29) is 0 Å². The van der Waals surface area contributed by atoms with Gasteiger partial charge in [0.15, 0.2) is 5.96 Å². The summed E-state index contributed by atoms with van der Waals surface area (Å²) in [6.45, 7) is 6.15. The summed E-state index contributed by atoms with van der Waals surface area (Å²) >= 11 is 0. The summed E-state index contributed by atoms with van der Waals surface area (Å²) in [6, 6.07) is 10.8. The molecular formula is C13H19N3. The van der Waals surface area contributed by atoms with Crippen molar-refractivity contribution in [2.24, 2.45) is 16.6 Å². The Morgan fingerprint density at radius 2 is 2.06 bits per heavy atom. The molecular weight excluding hydrogens is 198 g/mol. The topological polar surface area (TPSA) is 41.6 Å². The predicted octanol–water partition coefficient (Wildman–Crippen LogP) is 2.01. The van der Waals surface area contributed by atoms with Gasteiger partial charge in [-0.15, -0.1) is 0 Å². The standard InChI is InChI=1S/C13H19N3/c1-10(2)9-16-12(8-15-13(16)14)11-6-4-3-5-7-11/h3-7,10,12H,8-9H2,1-2H3,(H2,14,15). The fraction of sp³-hybridized carbons (Fsp3) is 0.462. The Balaban J connectivity index is 2.17. The summed E-state index contributed by atoms with van der Waals surface area (Å²) in [5, 5.41) is 0. The molecule has 0 aliphatic carbocycles. The lowest BCUT2D eigenvalue weighted by Crippen LogP contribution is -2.38. The molecule has 0 radical (unpaired) electrons. The Labute approximate surface area is 97.0 Å². The van der Waals surface area contributed by atoms with Crippen LogP contribution >= 0.6 is 0 Å². The number of nitrogens with zero attached hydrogens (tertiary/aromatic N) is 2. The number of hydrogen-bond acceptors (Lipinski definition) is 3. The van der Waals surface area contributed by atoms with Crippen LogP contribution in [0.3, 0.4) is 0 Å². The van der Waals surface area contributed by atoms with Crippen LogP contribution in [-0.2, 0) is 0 Å². The second kappa shape index (κ2) is 4.56. The average Bonchev–Trinajstić information content (AvgIpc) is 2.61. The van der Waals surface area contributed by atoms with Crippen LogP contribution in [0.5, 0.6) is 0 Å². The number of rotatable bonds is 3. The molecule has 1 aromatic carbocycles. The van der Waals surface area contributed by atoms with Gasteiger partial charge in [0.25, 0.3) is 0 Å². The largest absolute Gasteiger partial charge is 0.370 e. The lowest BCUT2D eigenvalue weighted by Gasteiger charge is -2.28. The van der Waals surface area contributed by atoms with Crippen molar-refractivity contribution in [3.05, 3.63) is 35.9 Å². The Bertz CT molecular complexity index is 370. The van der Waals surface area contributed by atoms with Crippen molar-refractivity contribution in [2.45, 2.75) is 19.9 Å². The first-order chi connectivity index (χ1) is 7.68. The Hall–Kier alpha value is -1.51. The minimum atomic E-state index is 0.323. The van der Waals surface area contributed by atoms with Gasteiger partial charge in [0, 0.05) is 6.54 Å². The molecule has 2 N–H and O–H groups in total. The molecule has 1 unspecified atom stereocenters. The van der Waals surface area contributed by atoms with Gasteiger partial charge < -0.3 is 10.6 Å². The van der Waals surface area contributed by atoms with Gasteiger partial charge in [0.1, 0.15) is 0 Å². The van der Waals surface area contributed by atoms with Crippen LogP contribution in [0.15, 0.2) is 35.3 Å². The molecule has 3 heteroatoms. The quantitative estimate of drug-likeness (QED) is 0.841. The molecule has 16 heavy (non-hydrogen) atoms. The molecule has 1 heterocycles. The third-order valence-electron chi connectivity index (χ3n) is 2.84. The highest BCUT2D eigenvalue weighted by Crippen LogP contribution is 2.25. The number of benzene rings is 1. The predicted molar refractivity (Wildman–Crippen MR) is 67.2 cm³/mol. The van der Waals surface area contributed by atoms with Crippen LogP contribution in [-0.4, -0.2) is 23.9 Å². The van der Waals surface area contributed by atoms with Gasteiger partial charge in [-0.1, -0.05) is 44.2 Å².